The van der Waals surface area contributed by atoms with Gasteiger partial charge in [0, 0.05) is 13.0 Å². The van der Waals surface area contributed by atoms with Crippen LogP contribution in [0.2, 0.25) is 0 Å². The largest absolute Gasteiger partial charge is 0.378 e. The molecule has 0 aromatic carbocycles. The summed E-state index contributed by atoms with van der Waals surface area (Å²) >= 11 is 0. The minimum atomic E-state index is -0.623. The maximum atomic E-state index is 11.8. The number of carbonyl (C=O) groups is 2. The van der Waals surface area contributed by atoms with Crippen molar-refractivity contribution in [2.75, 3.05) is 6.54 Å². The fraction of sp³-hybridized carbons (Fsp3) is 0.867. The van der Waals surface area contributed by atoms with E-state index >= 15 is 0 Å². The molecule has 5 N–H and O–H groups in total. The number of likely N-dealkylation sites (tertiary alicyclic amines) is 1. The summed E-state index contributed by atoms with van der Waals surface area (Å²) in [6.07, 6.45) is 2.79. The lowest BCUT2D eigenvalue weighted by Gasteiger charge is -2.23. The lowest BCUT2D eigenvalue weighted by atomic mass is 10.0. The first-order valence-corrected chi connectivity index (χ1v) is 8.03. The van der Waals surface area contributed by atoms with Crippen molar-refractivity contribution in [1.29, 1.82) is 0 Å². The minimum Gasteiger partial charge on any atom is -0.378 e. The molecule has 2 unspecified atom stereocenters. The first-order chi connectivity index (χ1) is 10.3. The van der Waals surface area contributed by atoms with Crippen molar-refractivity contribution in [3.05, 3.63) is 0 Å². The molecule has 1 saturated heterocycles. The maximum Gasteiger partial charge on any atom is 0.240 e. The van der Waals surface area contributed by atoms with Crippen LogP contribution in [0.25, 0.3) is 0 Å². The van der Waals surface area contributed by atoms with Gasteiger partial charge in [-0.3, -0.25) is 14.5 Å². The molecule has 7 heteroatoms. The number of primary amides is 1. The summed E-state index contributed by atoms with van der Waals surface area (Å²) in [6, 6.07) is -0.623. The third-order valence-corrected chi connectivity index (χ3v) is 4.06. The van der Waals surface area contributed by atoms with Crippen LogP contribution in [0, 0.1) is 5.92 Å². The standard InChI is InChI=1S/C15H29N3O4/c1-10(2)14(15(16)22)17-11(19)6-4-3-5-9-18-12(20)7-8-13(18)21/h10,12-14,20-21H,3-9H2,1-2H3,(H2,16,22)(H,17,19)/t12?,13?,14-/m0/s1. The van der Waals surface area contributed by atoms with Gasteiger partial charge in [-0.25, -0.2) is 0 Å². The number of carbonyl (C=O) groups excluding carboxylic acids is 2. The van der Waals surface area contributed by atoms with Crippen LogP contribution in [-0.4, -0.2) is 52.0 Å². The maximum absolute atomic E-state index is 11.8. The van der Waals surface area contributed by atoms with Gasteiger partial charge in [0.25, 0.3) is 0 Å². The summed E-state index contributed by atoms with van der Waals surface area (Å²) < 4.78 is 0. The molecule has 2 amide bonds. The zero-order valence-corrected chi connectivity index (χ0v) is 13.5. The number of hydrogen-bond donors (Lipinski definition) is 4. The second kappa shape index (κ2) is 9.07. The van der Waals surface area contributed by atoms with Crippen LogP contribution >= 0.6 is 0 Å². The first-order valence-electron chi connectivity index (χ1n) is 8.03. The molecule has 3 atom stereocenters. The number of nitrogens with two attached hydrogens (primary N) is 1. The quantitative estimate of drug-likeness (QED) is 0.444. The highest BCUT2D eigenvalue weighted by Crippen LogP contribution is 2.21. The summed E-state index contributed by atoms with van der Waals surface area (Å²) in [5.41, 5.74) is 5.25. The molecule has 1 rings (SSSR count). The van der Waals surface area contributed by atoms with Gasteiger partial charge >= 0.3 is 0 Å². The van der Waals surface area contributed by atoms with E-state index in [0.717, 1.165) is 12.8 Å². The van der Waals surface area contributed by atoms with E-state index in [4.69, 9.17) is 5.73 Å². The van der Waals surface area contributed by atoms with E-state index in [9.17, 15) is 19.8 Å². The Balaban J connectivity index is 2.16. The van der Waals surface area contributed by atoms with Crippen LogP contribution in [0.3, 0.4) is 0 Å². The van der Waals surface area contributed by atoms with Crippen LogP contribution in [-0.2, 0) is 9.59 Å². The second-order valence-electron chi connectivity index (χ2n) is 6.28. The molecule has 22 heavy (non-hydrogen) atoms. The zero-order chi connectivity index (χ0) is 16.7. The minimum absolute atomic E-state index is 0.0282. The molecule has 0 saturated carbocycles. The van der Waals surface area contributed by atoms with Crippen molar-refractivity contribution < 1.29 is 19.8 Å². The second-order valence-corrected chi connectivity index (χ2v) is 6.28. The zero-order valence-electron chi connectivity index (χ0n) is 13.5. The smallest absolute Gasteiger partial charge is 0.240 e. The number of nitrogens with zero attached hydrogens (tertiary/aromatic N) is 1. The van der Waals surface area contributed by atoms with Crippen LogP contribution < -0.4 is 11.1 Å². The van der Waals surface area contributed by atoms with Gasteiger partial charge in [0.2, 0.25) is 11.8 Å². The van der Waals surface area contributed by atoms with Gasteiger partial charge in [0.05, 0.1) is 0 Å². The van der Waals surface area contributed by atoms with Gasteiger partial charge in [0.1, 0.15) is 18.5 Å². The Labute approximate surface area is 131 Å². The van der Waals surface area contributed by atoms with Crippen LogP contribution in [0.15, 0.2) is 0 Å². The number of rotatable bonds is 9. The lowest BCUT2D eigenvalue weighted by molar-refractivity contribution is -0.128. The Morgan fingerprint density at radius 1 is 1.18 bits per heavy atom. The third-order valence-electron chi connectivity index (χ3n) is 4.06. The molecule has 0 aromatic rings. The Morgan fingerprint density at radius 3 is 2.27 bits per heavy atom. The van der Waals surface area contributed by atoms with E-state index in [1.54, 1.807) is 4.90 Å². The highest BCUT2D eigenvalue weighted by molar-refractivity contribution is 5.86. The Bertz CT molecular complexity index is 366. The van der Waals surface area contributed by atoms with Crippen LogP contribution in [0.5, 0.6) is 0 Å². The number of unbranched alkanes of at least 4 members (excludes halogenated alkanes) is 2. The molecule has 128 valence electrons. The number of hydrogen-bond acceptors (Lipinski definition) is 5. The van der Waals surface area contributed by atoms with E-state index in [-0.39, 0.29) is 11.8 Å². The average Bonchev–Trinajstić information content (AvgIpc) is 2.75. The van der Waals surface area contributed by atoms with Crippen LogP contribution in [0.4, 0.5) is 0 Å². The van der Waals surface area contributed by atoms with Gasteiger partial charge in [-0.1, -0.05) is 20.3 Å². The molecule has 0 spiro atoms. The molecule has 0 radical (unpaired) electrons. The molecule has 0 bridgehead atoms. The van der Waals surface area contributed by atoms with Gasteiger partial charge in [-0.15, -0.1) is 0 Å². The molecule has 0 aromatic heterocycles. The molecular formula is C15H29N3O4. The number of aliphatic hydroxyl groups excluding tert-OH is 2. The van der Waals surface area contributed by atoms with E-state index in [1.807, 2.05) is 13.8 Å². The summed E-state index contributed by atoms with van der Waals surface area (Å²) in [6.45, 7) is 4.30. The molecule has 1 aliphatic heterocycles. The molecule has 1 heterocycles. The van der Waals surface area contributed by atoms with Crippen molar-refractivity contribution in [2.24, 2.45) is 11.7 Å². The van der Waals surface area contributed by atoms with E-state index in [0.29, 0.717) is 32.2 Å². The monoisotopic (exact) mass is 315 g/mol. The van der Waals surface area contributed by atoms with E-state index < -0.39 is 24.4 Å². The summed E-state index contributed by atoms with van der Waals surface area (Å²) in [5, 5.41) is 22.0. The van der Waals surface area contributed by atoms with E-state index in [2.05, 4.69) is 5.32 Å². The van der Waals surface area contributed by atoms with Gasteiger partial charge in [0.15, 0.2) is 0 Å². The Hall–Kier alpha value is -1.18. The highest BCUT2D eigenvalue weighted by atomic mass is 16.3. The summed E-state index contributed by atoms with van der Waals surface area (Å²) in [5.74, 6) is -0.710. The number of amides is 2. The fourth-order valence-corrected chi connectivity index (χ4v) is 2.70. The normalized spacial score (nSPS) is 23.7. The summed E-state index contributed by atoms with van der Waals surface area (Å²) in [7, 11) is 0. The Morgan fingerprint density at radius 2 is 1.77 bits per heavy atom. The third kappa shape index (κ3) is 5.90. The summed E-state index contributed by atoms with van der Waals surface area (Å²) in [4.78, 5) is 24.7. The van der Waals surface area contributed by atoms with Crippen molar-refractivity contribution in [2.45, 2.75) is 70.9 Å². The van der Waals surface area contributed by atoms with E-state index in [1.165, 1.54) is 0 Å². The van der Waals surface area contributed by atoms with Gasteiger partial charge < -0.3 is 21.3 Å². The predicted molar refractivity (Wildman–Crippen MR) is 82.4 cm³/mol. The fourth-order valence-electron chi connectivity index (χ4n) is 2.70. The Kier molecular flexibility index (Phi) is 7.78. The predicted octanol–water partition coefficient (Wildman–Crippen LogP) is -0.0945. The first kappa shape index (κ1) is 18.9. The molecule has 1 fully saturated rings. The molecule has 7 nitrogen and oxygen atoms in total. The SMILES string of the molecule is CC(C)[C@H](NC(=O)CCCCCN1C(O)CCC1O)C(N)=O. The van der Waals surface area contributed by atoms with Crippen molar-refractivity contribution in [1.82, 2.24) is 10.2 Å². The van der Waals surface area contributed by atoms with Gasteiger partial charge in [-0.2, -0.15) is 0 Å². The van der Waals surface area contributed by atoms with Crippen molar-refractivity contribution >= 4 is 11.8 Å². The average molecular weight is 315 g/mol. The lowest BCUT2D eigenvalue weighted by Crippen LogP contribution is -2.47. The highest BCUT2D eigenvalue weighted by Gasteiger charge is 2.29. The van der Waals surface area contributed by atoms with Gasteiger partial charge in [-0.05, 0) is 31.6 Å². The molecule has 1 aliphatic rings. The number of aliphatic hydroxyl groups is 2. The van der Waals surface area contributed by atoms with Crippen molar-refractivity contribution in [3.63, 3.8) is 0 Å². The molecule has 0 aliphatic carbocycles. The van der Waals surface area contributed by atoms with Crippen molar-refractivity contribution in [3.8, 4) is 0 Å². The van der Waals surface area contributed by atoms with Crippen LogP contribution in [0.1, 0.15) is 52.4 Å². The number of nitrogens with one attached hydrogen (secondary N) is 1. The topological polar surface area (TPSA) is 116 Å². The molecular weight excluding hydrogens is 286 g/mol.